The number of nitrogens with one attached hydrogen (secondary N) is 3. The van der Waals surface area contributed by atoms with Crippen LogP contribution in [0.15, 0.2) is 29.3 Å². The number of benzene rings is 1. The molecule has 6 nitrogen and oxygen atoms in total. The van der Waals surface area contributed by atoms with Gasteiger partial charge in [0.2, 0.25) is 5.91 Å². The molecule has 24 heavy (non-hydrogen) atoms. The second-order valence-electron chi connectivity index (χ2n) is 5.50. The Balaban J connectivity index is 0.00000288. The number of nitriles is 1. The molecule has 1 aliphatic carbocycles. The van der Waals surface area contributed by atoms with Crippen molar-refractivity contribution >= 4 is 35.8 Å². The highest BCUT2D eigenvalue weighted by Gasteiger charge is 2.28. The summed E-state index contributed by atoms with van der Waals surface area (Å²) in [7, 11) is 0. The largest absolute Gasteiger partial charge is 0.357 e. The fourth-order valence-corrected chi connectivity index (χ4v) is 2.05. The molecule has 1 saturated carbocycles. The van der Waals surface area contributed by atoms with Gasteiger partial charge in [0, 0.05) is 25.6 Å². The molecule has 0 radical (unpaired) electrons. The van der Waals surface area contributed by atoms with Crippen LogP contribution in [-0.2, 0) is 11.3 Å². The molecule has 0 unspecified atom stereocenters. The van der Waals surface area contributed by atoms with E-state index in [9.17, 15) is 4.79 Å². The van der Waals surface area contributed by atoms with E-state index < -0.39 is 0 Å². The van der Waals surface area contributed by atoms with Gasteiger partial charge in [-0.1, -0.05) is 12.1 Å². The Morgan fingerprint density at radius 3 is 2.46 bits per heavy atom. The summed E-state index contributed by atoms with van der Waals surface area (Å²) < 4.78 is 0. The molecule has 1 aromatic rings. The van der Waals surface area contributed by atoms with Gasteiger partial charge in [0.15, 0.2) is 5.96 Å². The van der Waals surface area contributed by atoms with Gasteiger partial charge in [0.1, 0.15) is 0 Å². The van der Waals surface area contributed by atoms with Gasteiger partial charge < -0.3 is 16.0 Å². The van der Waals surface area contributed by atoms with Crippen molar-refractivity contribution in [1.29, 1.82) is 5.26 Å². The molecule has 1 aliphatic rings. The van der Waals surface area contributed by atoms with Crippen LogP contribution in [0.3, 0.4) is 0 Å². The summed E-state index contributed by atoms with van der Waals surface area (Å²) in [5.41, 5.74) is 1.69. The van der Waals surface area contributed by atoms with Gasteiger partial charge in [-0.2, -0.15) is 5.26 Å². The molecule has 1 aromatic carbocycles. The summed E-state index contributed by atoms with van der Waals surface area (Å²) in [6.45, 7) is 4.55. The lowest BCUT2D eigenvalue weighted by Crippen LogP contribution is -2.41. The van der Waals surface area contributed by atoms with Crippen LogP contribution >= 0.6 is 24.0 Å². The molecule has 0 spiro atoms. The Kier molecular flexibility index (Phi) is 9.15. The second-order valence-corrected chi connectivity index (χ2v) is 5.50. The number of amides is 1. The predicted octanol–water partition coefficient (Wildman–Crippen LogP) is 1.76. The van der Waals surface area contributed by atoms with Crippen LogP contribution in [0.4, 0.5) is 0 Å². The molecule has 0 saturated heterocycles. The molecule has 0 heterocycles. The van der Waals surface area contributed by atoms with Crippen molar-refractivity contribution in [3.05, 3.63) is 35.4 Å². The van der Waals surface area contributed by atoms with E-state index in [2.05, 4.69) is 27.0 Å². The highest BCUT2D eigenvalue weighted by molar-refractivity contribution is 14.0. The van der Waals surface area contributed by atoms with Crippen LogP contribution in [0.25, 0.3) is 0 Å². The van der Waals surface area contributed by atoms with Crippen LogP contribution in [0, 0.1) is 17.2 Å². The van der Waals surface area contributed by atoms with Crippen molar-refractivity contribution in [2.45, 2.75) is 26.3 Å². The monoisotopic (exact) mass is 441 g/mol. The lowest BCUT2D eigenvalue weighted by Gasteiger charge is -2.11. The minimum Gasteiger partial charge on any atom is -0.357 e. The Morgan fingerprint density at radius 2 is 1.88 bits per heavy atom. The average molecular weight is 441 g/mol. The van der Waals surface area contributed by atoms with Crippen molar-refractivity contribution in [3.8, 4) is 6.07 Å². The number of hydrogen-bond acceptors (Lipinski definition) is 3. The third-order valence-electron chi connectivity index (χ3n) is 3.51. The van der Waals surface area contributed by atoms with Crippen molar-refractivity contribution in [3.63, 3.8) is 0 Å². The third kappa shape index (κ3) is 7.17. The van der Waals surface area contributed by atoms with E-state index in [0.717, 1.165) is 30.9 Å². The summed E-state index contributed by atoms with van der Waals surface area (Å²) in [5, 5.41) is 18.1. The smallest absolute Gasteiger partial charge is 0.223 e. The number of carbonyl (C=O) groups excluding carboxylic acids is 1. The van der Waals surface area contributed by atoms with Crippen molar-refractivity contribution in [2.75, 3.05) is 19.6 Å². The van der Waals surface area contributed by atoms with Gasteiger partial charge in [0.25, 0.3) is 0 Å². The predicted molar refractivity (Wildman–Crippen MR) is 105 cm³/mol. The molecular formula is C17H24IN5O. The van der Waals surface area contributed by atoms with Gasteiger partial charge in [-0.05, 0) is 37.5 Å². The molecule has 3 N–H and O–H groups in total. The molecule has 0 aromatic heterocycles. The Hall–Kier alpha value is -1.82. The first-order valence-electron chi connectivity index (χ1n) is 8.02. The van der Waals surface area contributed by atoms with Gasteiger partial charge in [0.05, 0.1) is 18.2 Å². The van der Waals surface area contributed by atoms with Crippen LogP contribution in [0.2, 0.25) is 0 Å². The zero-order chi connectivity index (χ0) is 16.5. The molecular weight excluding hydrogens is 417 g/mol. The molecule has 0 bridgehead atoms. The zero-order valence-corrected chi connectivity index (χ0v) is 16.2. The van der Waals surface area contributed by atoms with Gasteiger partial charge in [-0.3, -0.25) is 4.79 Å². The first-order chi connectivity index (χ1) is 11.2. The first kappa shape index (κ1) is 20.2. The lowest BCUT2D eigenvalue weighted by atomic mass is 10.1. The lowest BCUT2D eigenvalue weighted by molar-refractivity contribution is -0.122. The minimum absolute atomic E-state index is 0. The van der Waals surface area contributed by atoms with Gasteiger partial charge in [-0.15, -0.1) is 24.0 Å². The topological polar surface area (TPSA) is 89.3 Å². The summed E-state index contributed by atoms with van der Waals surface area (Å²) in [6.07, 6.45) is 2.04. The van der Waals surface area contributed by atoms with Crippen molar-refractivity contribution in [2.24, 2.45) is 10.9 Å². The highest BCUT2D eigenvalue weighted by Crippen LogP contribution is 2.28. The number of rotatable bonds is 7. The maximum atomic E-state index is 11.5. The summed E-state index contributed by atoms with van der Waals surface area (Å²) in [5.74, 6) is 1.12. The standard InChI is InChI=1S/C17H23N5O.HI/c1-2-19-17(21-10-9-20-16(23)15-7-8-15)22-12-14-5-3-13(11-18)4-6-14;/h3-6,15H,2,7-10,12H2,1H3,(H,20,23)(H2,19,21,22);1H. The maximum Gasteiger partial charge on any atom is 0.223 e. The summed E-state index contributed by atoms with van der Waals surface area (Å²) in [6, 6.07) is 9.49. The zero-order valence-electron chi connectivity index (χ0n) is 13.8. The minimum atomic E-state index is 0. The van der Waals surface area contributed by atoms with Crippen molar-refractivity contribution in [1.82, 2.24) is 16.0 Å². The summed E-state index contributed by atoms with van der Waals surface area (Å²) >= 11 is 0. The number of hydrogen-bond donors (Lipinski definition) is 3. The highest BCUT2D eigenvalue weighted by atomic mass is 127. The van der Waals surface area contributed by atoms with Gasteiger partial charge >= 0.3 is 0 Å². The number of guanidine groups is 1. The Labute approximate surface area is 160 Å². The Bertz CT molecular complexity index is 590. The van der Waals surface area contributed by atoms with Gasteiger partial charge in [-0.25, -0.2) is 4.99 Å². The Morgan fingerprint density at radius 1 is 1.21 bits per heavy atom. The molecule has 130 valence electrons. The SMILES string of the molecule is CCNC(=NCc1ccc(C#N)cc1)NCCNC(=O)C1CC1.I. The van der Waals surface area contributed by atoms with Crippen LogP contribution < -0.4 is 16.0 Å². The summed E-state index contributed by atoms with van der Waals surface area (Å²) in [4.78, 5) is 16.0. The molecule has 0 atom stereocenters. The van der Waals surface area contributed by atoms with E-state index in [1.54, 1.807) is 12.1 Å². The van der Waals surface area contributed by atoms with E-state index in [1.165, 1.54) is 0 Å². The maximum absolute atomic E-state index is 11.5. The quantitative estimate of drug-likeness (QED) is 0.261. The van der Waals surface area contributed by atoms with E-state index in [1.807, 2.05) is 19.1 Å². The van der Waals surface area contributed by atoms with E-state index in [-0.39, 0.29) is 35.8 Å². The van der Waals surface area contributed by atoms with Crippen LogP contribution in [0.1, 0.15) is 30.9 Å². The average Bonchev–Trinajstić information content (AvgIpc) is 3.41. The fraction of sp³-hybridized carbons (Fsp3) is 0.471. The van der Waals surface area contributed by atoms with E-state index in [0.29, 0.717) is 25.2 Å². The number of halogens is 1. The van der Waals surface area contributed by atoms with E-state index in [4.69, 9.17) is 5.26 Å². The normalized spacial score (nSPS) is 13.4. The van der Waals surface area contributed by atoms with E-state index >= 15 is 0 Å². The molecule has 0 aliphatic heterocycles. The van der Waals surface area contributed by atoms with Crippen LogP contribution in [0.5, 0.6) is 0 Å². The molecule has 1 fully saturated rings. The number of nitrogens with zero attached hydrogens (tertiary/aromatic N) is 2. The molecule has 7 heteroatoms. The first-order valence-corrected chi connectivity index (χ1v) is 8.02. The fourth-order valence-electron chi connectivity index (χ4n) is 2.05. The van der Waals surface area contributed by atoms with Crippen LogP contribution in [-0.4, -0.2) is 31.5 Å². The molecule has 1 amide bonds. The second kappa shape index (κ2) is 10.9. The number of aliphatic imine (C=N–C) groups is 1. The number of carbonyl (C=O) groups is 1. The molecule has 2 rings (SSSR count). The van der Waals surface area contributed by atoms with Crippen molar-refractivity contribution < 1.29 is 4.79 Å². The third-order valence-corrected chi connectivity index (χ3v) is 3.51.